The van der Waals surface area contributed by atoms with E-state index in [0.29, 0.717) is 12.4 Å². The molecule has 2 rings (SSSR count). The van der Waals surface area contributed by atoms with Crippen molar-refractivity contribution >= 4 is 5.97 Å². The summed E-state index contributed by atoms with van der Waals surface area (Å²) in [6.45, 7) is 2.62. The zero-order chi connectivity index (χ0) is 13.8. The number of carboxylic acid groups (broad SMARTS) is 1. The predicted octanol–water partition coefficient (Wildman–Crippen LogP) is 1.32. The van der Waals surface area contributed by atoms with Crippen LogP contribution >= 0.6 is 0 Å². The first-order valence-corrected chi connectivity index (χ1v) is 5.85. The molecule has 0 aliphatic heterocycles. The Bertz CT molecular complexity index is 642. The van der Waals surface area contributed by atoms with Gasteiger partial charge in [0.05, 0.1) is 13.2 Å². The molecule has 0 fully saturated rings. The first-order chi connectivity index (χ1) is 9.11. The number of nitrogens with zero attached hydrogens (tertiary/aromatic N) is 1. The zero-order valence-electron chi connectivity index (χ0n) is 10.4. The smallest absolute Gasteiger partial charge is 0.354 e. The highest BCUT2D eigenvalue weighted by Gasteiger charge is 2.13. The van der Waals surface area contributed by atoms with Crippen LogP contribution in [0.5, 0.6) is 5.75 Å². The quantitative estimate of drug-likeness (QED) is 0.851. The summed E-state index contributed by atoms with van der Waals surface area (Å²) in [6.07, 6.45) is 1.19. The van der Waals surface area contributed by atoms with Crippen molar-refractivity contribution in [3.05, 3.63) is 52.2 Å². The van der Waals surface area contributed by atoms with Gasteiger partial charge in [0, 0.05) is 6.20 Å². The lowest BCUT2D eigenvalue weighted by molar-refractivity contribution is 0.0685. The Morgan fingerprint density at radius 3 is 2.95 bits per heavy atom. The highest BCUT2D eigenvalue weighted by atomic mass is 16.5. The van der Waals surface area contributed by atoms with Crippen LogP contribution in [0.25, 0.3) is 0 Å². The fourth-order valence-electron chi connectivity index (χ4n) is 1.81. The summed E-state index contributed by atoms with van der Waals surface area (Å²) in [6, 6.07) is 7.21. The van der Waals surface area contributed by atoms with Crippen LogP contribution < -0.4 is 10.4 Å². The van der Waals surface area contributed by atoms with Gasteiger partial charge < -0.3 is 14.8 Å². The Balaban J connectivity index is 2.31. The van der Waals surface area contributed by atoms with Gasteiger partial charge in [-0.05, 0) is 24.6 Å². The van der Waals surface area contributed by atoms with Crippen molar-refractivity contribution in [2.24, 2.45) is 0 Å². The van der Waals surface area contributed by atoms with E-state index in [1.165, 1.54) is 10.8 Å². The van der Waals surface area contributed by atoms with Crippen LogP contribution in [0.2, 0.25) is 0 Å². The molecule has 1 aromatic carbocycles. The molecule has 0 radical (unpaired) electrons. The zero-order valence-corrected chi connectivity index (χ0v) is 10.4. The van der Waals surface area contributed by atoms with E-state index in [1.807, 2.05) is 19.1 Å². The molecule has 6 heteroatoms. The predicted molar refractivity (Wildman–Crippen MR) is 68.7 cm³/mol. The van der Waals surface area contributed by atoms with E-state index in [4.69, 9.17) is 9.84 Å². The first kappa shape index (κ1) is 12.9. The van der Waals surface area contributed by atoms with E-state index in [2.05, 4.69) is 4.98 Å². The Morgan fingerprint density at radius 2 is 2.26 bits per heavy atom. The van der Waals surface area contributed by atoms with Crippen LogP contribution in [-0.4, -0.2) is 27.2 Å². The monoisotopic (exact) mass is 262 g/mol. The summed E-state index contributed by atoms with van der Waals surface area (Å²) in [5.41, 5.74) is 0.293. The molecule has 0 aliphatic rings. The van der Waals surface area contributed by atoms with Crippen molar-refractivity contribution in [3.63, 3.8) is 0 Å². The summed E-state index contributed by atoms with van der Waals surface area (Å²) < 4.78 is 6.54. The van der Waals surface area contributed by atoms with Gasteiger partial charge in [0.2, 0.25) is 0 Å². The molecule has 2 aromatic rings. The number of aromatic carboxylic acids is 1. The van der Waals surface area contributed by atoms with Gasteiger partial charge in [0.1, 0.15) is 11.4 Å². The van der Waals surface area contributed by atoms with Gasteiger partial charge in [-0.15, -0.1) is 0 Å². The van der Waals surface area contributed by atoms with Crippen LogP contribution in [0.4, 0.5) is 0 Å². The van der Waals surface area contributed by atoms with Gasteiger partial charge >= 0.3 is 11.7 Å². The number of hydrogen-bond acceptors (Lipinski definition) is 3. The summed E-state index contributed by atoms with van der Waals surface area (Å²) >= 11 is 0. The molecule has 0 bridgehead atoms. The lowest BCUT2D eigenvalue weighted by Crippen LogP contribution is -2.21. The minimum absolute atomic E-state index is 0.0631. The van der Waals surface area contributed by atoms with E-state index in [1.54, 1.807) is 12.1 Å². The number of benzene rings is 1. The summed E-state index contributed by atoms with van der Waals surface area (Å²) in [5, 5.41) is 8.99. The molecular formula is C13H14N2O4. The van der Waals surface area contributed by atoms with Crippen LogP contribution in [-0.2, 0) is 6.54 Å². The van der Waals surface area contributed by atoms with Crippen molar-refractivity contribution in [2.75, 3.05) is 6.61 Å². The van der Waals surface area contributed by atoms with Gasteiger partial charge in [0.25, 0.3) is 0 Å². The van der Waals surface area contributed by atoms with Gasteiger partial charge in [-0.3, -0.25) is 4.57 Å². The number of H-pyrrole nitrogens is 1. The lowest BCUT2D eigenvalue weighted by Gasteiger charge is -2.07. The Hall–Kier alpha value is -2.50. The third-order valence-electron chi connectivity index (χ3n) is 2.64. The SMILES string of the molecule is CCOc1cccc(Cn2c(C(=O)O)c[nH]c2=O)c1. The second-order valence-corrected chi connectivity index (χ2v) is 3.95. The molecule has 0 amide bonds. The summed E-state index contributed by atoms with van der Waals surface area (Å²) in [5.74, 6) is -0.445. The molecule has 2 N–H and O–H groups in total. The number of rotatable bonds is 5. The molecule has 0 aliphatic carbocycles. The molecule has 0 atom stereocenters. The van der Waals surface area contributed by atoms with E-state index in [9.17, 15) is 9.59 Å². The maximum absolute atomic E-state index is 11.6. The molecule has 1 heterocycles. The number of hydrogen-bond donors (Lipinski definition) is 2. The molecule has 1 aromatic heterocycles. The third-order valence-corrected chi connectivity index (χ3v) is 2.64. The minimum Gasteiger partial charge on any atom is -0.494 e. The van der Waals surface area contributed by atoms with Crippen LogP contribution in [0, 0.1) is 0 Å². The topological polar surface area (TPSA) is 84.3 Å². The van der Waals surface area contributed by atoms with Gasteiger partial charge in [-0.25, -0.2) is 9.59 Å². The number of ether oxygens (including phenoxy) is 1. The van der Waals surface area contributed by atoms with E-state index >= 15 is 0 Å². The Kier molecular flexibility index (Phi) is 3.70. The summed E-state index contributed by atoms with van der Waals surface area (Å²) in [7, 11) is 0. The first-order valence-electron chi connectivity index (χ1n) is 5.85. The average molecular weight is 262 g/mol. The Morgan fingerprint density at radius 1 is 1.47 bits per heavy atom. The second kappa shape index (κ2) is 5.43. The minimum atomic E-state index is -1.14. The molecule has 0 saturated carbocycles. The largest absolute Gasteiger partial charge is 0.494 e. The molecule has 19 heavy (non-hydrogen) atoms. The van der Waals surface area contributed by atoms with Crippen LogP contribution in [0.1, 0.15) is 23.0 Å². The number of aromatic amines is 1. The standard InChI is InChI=1S/C13H14N2O4/c1-2-19-10-5-3-4-9(6-10)8-15-11(12(16)17)7-14-13(15)18/h3-7H,2,8H2,1H3,(H,14,18)(H,16,17). The number of imidazole rings is 1. The third kappa shape index (κ3) is 2.85. The summed E-state index contributed by atoms with van der Waals surface area (Å²) in [4.78, 5) is 24.9. The second-order valence-electron chi connectivity index (χ2n) is 3.95. The van der Waals surface area contributed by atoms with Crippen LogP contribution in [0.3, 0.4) is 0 Å². The number of nitrogens with one attached hydrogen (secondary N) is 1. The van der Waals surface area contributed by atoms with E-state index in [0.717, 1.165) is 5.56 Å². The van der Waals surface area contributed by atoms with Crippen molar-refractivity contribution in [3.8, 4) is 5.75 Å². The van der Waals surface area contributed by atoms with Gasteiger partial charge in [-0.2, -0.15) is 0 Å². The normalized spacial score (nSPS) is 10.4. The number of aromatic nitrogens is 2. The molecule has 0 unspecified atom stereocenters. The Labute approximate surface area is 109 Å². The maximum atomic E-state index is 11.6. The van der Waals surface area contributed by atoms with Crippen molar-refractivity contribution < 1.29 is 14.6 Å². The van der Waals surface area contributed by atoms with E-state index < -0.39 is 11.7 Å². The molecule has 0 spiro atoms. The average Bonchev–Trinajstić information content (AvgIpc) is 2.72. The fourth-order valence-corrected chi connectivity index (χ4v) is 1.81. The maximum Gasteiger partial charge on any atom is 0.354 e. The number of carbonyl (C=O) groups is 1. The molecular weight excluding hydrogens is 248 g/mol. The molecule has 0 saturated heterocycles. The van der Waals surface area contributed by atoms with Crippen molar-refractivity contribution in [1.82, 2.24) is 9.55 Å². The lowest BCUT2D eigenvalue weighted by atomic mass is 10.2. The molecule has 100 valence electrons. The fraction of sp³-hybridized carbons (Fsp3) is 0.231. The van der Waals surface area contributed by atoms with Crippen molar-refractivity contribution in [2.45, 2.75) is 13.5 Å². The van der Waals surface area contributed by atoms with Gasteiger partial charge in [0.15, 0.2) is 0 Å². The van der Waals surface area contributed by atoms with Gasteiger partial charge in [-0.1, -0.05) is 12.1 Å². The highest BCUT2D eigenvalue weighted by molar-refractivity contribution is 5.85. The molecule has 6 nitrogen and oxygen atoms in total. The number of carboxylic acids is 1. The van der Waals surface area contributed by atoms with Crippen molar-refractivity contribution in [1.29, 1.82) is 0 Å². The highest BCUT2D eigenvalue weighted by Crippen LogP contribution is 2.14. The van der Waals surface area contributed by atoms with Crippen LogP contribution in [0.15, 0.2) is 35.3 Å². The van der Waals surface area contributed by atoms with E-state index in [-0.39, 0.29) is 12.2 Å².